The third kappa shape index (κ3) is 4.67. The highest BCUT2D eigenvalue weighted by atomic mass is 16.2. The summed E-state index contributed by atoms with van der Waals surface area (Å²) in [7, 11) is 0. The van der Waals surface area contributed by atoms with Crippen molar-refractivity contribution in [2.24, 2.45) is 11.7 Å². The second-order valence-electron chi connectivity index (χ2n) is 5.57. The van der Waals surface area contributed by atoms with E-state index in [0.29, 0.717) is 0 Å². The molecule has 1 atom stereocenters. The third-order valence-electron chi connectivity index (χ3n) is 3.60. The van der Waals surface area contributed by atoms with Gasteiger partial charge in [0.2, 0.25) is 5.91 Å². The van der Waals surface area contributed by atoms with Crippen molar-refractivity contribution in [3.63, 3.8) is 0 Å². The molecule has 1 aliphatic rings. The van der Waals surface area contributed by atoms with Crippen molar-refractivity contribution in [1.29, 1.82) is 0 Å². The van der Waals surface area contributed by atoms with Crippen LogP contribution in [0.1, 0.15) is 44.6 Å². The van der Waals surface area contributed by atoms with Crippen LogP contribution < -0.4 is 11.1 Å². The van der Waals surface area contributed by atoms with Crippen molar-refractivity contribution in [3.05, 3.63) is 29.8 Å². The molecule has 19 heavy (non-hydrogen) atoms. The molecule has 0 saturated heterocycles. The van der Waals surface area contributed by atoms with Crippen LogP contribution in [0.2, 0.25) is 0 Å². The SMILES string of the molecule is CCCCC(N)Cc1ccc(NC(=O)C2CC2)cc1. The van der Waals surface area contributed by atoms with Gasteiger partial charge >= 0.3 is 0 Å². The maximum absolute atomic E-state index is 11.6. The van der Waals surface area contributed by atoms with Crippen LogP contribution in [0.25, 0.3) is 0 Å². The number of unbranched alkanes of at least 4 members (excludes halogenated alkanes) is 1. The van der Waals surface area contributed by atoms with E-state index in [0.717, 1.165) is 31.4 Å². The number of rotatable bonds is 7. The zero-order valence-electron chi connectivity index (χ0n) is 11.7. The van der Waals surface area contributed by atoms with Crippen LogP contribution in [-0.4, -0.2) is 11.9 Å². The Kier molecular flexibility index (Phi) is 4.97. The zero-order chi connectivity index (χ0) is 13.7. The van der Waals surface area contributed by atoms with Gasteiger partial charge < -0.3 is 11.1 Å². The van der Waals surface area contributed by atoms with E-state index < -0.39 is 0 Å². The molecule has 0 aromatic heterocycles. The standard InChI is InChI=1S/C16H24N2O/c1-2-3-4-14(17)11-12-5-9-15(10-6-12)18-16(19)13-7-8-13/h5-6,9-10,13-14H,2-4,7-8,11,17H2,1H3,(H,18,19). The molecule has 1 amide bonds. The van der Waals surface area contributed by atoms with Crippen LogP contribution in [-0.2, 0) is 11.2 Å². The molecule has 1 aromatic rings. The molecule has 3 heteroatoms. The van der Waals surface area contributed by atoms with Gasteiger partial charge in [0.25, 0.3) is 0 Å². The fourth-order valence-electron chi connectivity index (χ4n) is 2.19. The summed E-state index contributed by atoms with van der Waals surface area (Å²) < 4.78 is 0. The minimum Gasteiger partial charge on any atom is -0.327 e. The van der Waals surface area contributed by atoms with Crippen molar-refractivity contribution in [1.82, 2.24) is 0 Å². The molecule has 1 unspecified atom stereocenters. The first-order chi connectivity index (χ1) is 9.19. The molecule has 1 aromatic carbocycles. The molecule has 1 fully saturated rings. The molecule has 0 heterocycles. The first kappa shape index (κ1) is 14.1. The molecule has 3 N–H and O–H groups in total. The number of hydrogen-bond acceptors (Lipinski definition) is 2. The Morgan fingerprint density at radius 1 is 1.37 bits per heavy atom. The quantitative estimate of drug-likeness (QED) is 0.791. The third-order valence-corrected chi connectivity index (χ3v) is 3.60. The van der Waals surface area contributed by atoms with E-state index in [4.69, 9.17) is 5.73 Å². The van der Waals surface area contributed by atoms with E-state index in [9.17, 15) is 4.79 Å². The lowest BCUT2D eigenvalue weighted by molar-refractivity contribution is -0.117. The summed E-state index contributed by atoms with van der Waals surface area (Å²) in [5.41, 5.74) is 8.22. The fourth-order valence-corrected chi connectivity index (χ4v) is 2.19. The summed E-state index contributed by atoms with van der Waals surface area (Å²) in [5.74, 6) is 0.412. The molecule has 1 saturated carbocycles. The second-order valence-corrected chi connectivity index (χ2v) is 5.57. The van der Waals surface area contributed by atoms with E-state index in [-0.39, 0.29) is 17.9 Å². The minimum atomic E-state index is 0.160. The number of benzene rings is 1. The highest BCUT2D eigenvalue weighted by Gasteiger charge is 2.29. The molecular weight excluding hydrogens is 236 g/mol. The molecule has 104 valence electrons. The Labute approximate surface area is 115 Å². The summed E-state index contributed by atoms with van der Waals surface area (Å²) in [5, 5.41) is 2.95. The van der Waals surface area contributed by atoms with Crippen molar-refractivity contribution < 1.29 is 4.79 Å². The van der Waals surface area contributed by atoms with Gasteiger partial charge in [0.15, 0.2) is 0 Å². The maximum atomic E-state index is 11.6. The topological polar surface area (TPSA) is 55.1 Å². The monoisotopic (exact) mass is 260 g/mol. The van der Waals surface area contributed by atoms with Gasteiger partial charge in [0.1, 0.15) is 0 Å². The van der Waals surface area contributed by atoms with Crippen molar-refractivity contribution in [2.75, 3.05) is 5.32 Å². The zero-order valence-corrected chi connectivity index (χ0v) is 11.7. The lowest BCUT2D eigenvalue weighted by Crippen LogP contribution is -2.22. The Morgan fingerprint density at radius 3 is 2.63 bits per heavy atom. The van der Waals surface area contributed by atoms with Crippen molar-refractivity contribution in [2.45, 2.75) is 51.5 Å². The van der Waals surface area contributed by atoms with Gasteiger partial charge in [-0.05, 0) is 43.4 Å². The molecule has 0 bridgehead atoms. The number of carbonyl (C=O) groups is 1. The molecule has 3 nitrogen and oxygen atoms in total. The van der Waals surface area contributed by atoms with Gasteiger partial charge in [-0.1, -0.05) is 31.9 Å². The number of amides is 1. The van der Waals surface area contributed by atoms with Crippen LogP contribution >= 0.6 is 0 Å². The highest BCUT2D eigenvalue weighted by Crippen LogP contribution is 2.30. The largest absolute Gasteiger partial charge is 0.327 e. The van der Waals surface area contributed by atoms with Crippen LogP contribution in [0.5, 0.6) is 0 Å². The van der Waals surface area contributed by atoms with Gasteiger partial charge in [-0.3, -0.25) is 4.79 Å². The van der Waals surface area contributed by atoms with Crippen LogP contribution in [0, 0.1) is 5.92 Å². The van der Waals surface area contributed by atoms with Gasteiger partial charge in [-0.25, -0.2) is 0 Å². The number of nitrogens with one attached hydrogen (secondary N) is 1. The molecular formula is C16H24N2O. The van der Waals surface area contributed by atoms with Crippen molar-refractivity contribution in [3.8, 4) is 0 Å². The number of hydrogen-bond donors (Lipinski definition) is 2. The summed E-state index contributed by atoms with van der Waals surface area (Å²) in [6, 6.07) is 8.32. The molecule has 2 rings (SSSR count). The fraction of sp³-hybridized carbons (Fsp3) is 0.562. The van der Waals surface area contributed by atoms with E-state index >= 15 is 0 Å². The summed E-state index contributed by atoms with van der Waals surface area (Å²) in [6.45, 7) is 2.18. The molecule has 0 spiro atoms. The maximum Gasteiger partial charge on any atom is 0.227 e. The van der Waals surface area contributed by atoms with E-state index in [1.165, 1.54) is 18.4 Å². The average Bonchev–Trinajstić information content (AvgIpc) is 3.23. The average molecular weight is 260 g/mol. The van der Waals surface area contributed by atoms with Gasteiger partial charge in [-0.2, -0.15) is 0 Å². The Morgan fingerprint density at radius 2 is 2.05 bits per heavy atom. The van der Waals surface area contributed by atoms with Gasteiger partial charge in [0, 0.05) is 17.6 Å². The lowest BCUT2D eigenvalue weighted by atomic mass is 10.0. The smallest absolute Gasteiger partial charge is 0.227 e. The normalized spacial score (nSPS) is 16.1. The number of nitrogens with two attached hydrogens (primary N) is 1. The predicted octanol–water partition coefficient (Wildman–Crippen LogP) is 3.10. The van der Waals surface area contributed by atoms with Crippen LogP contribution in [0.4, 0.5) is 5.69 Å². The van der Waals surface area contributed by atoms with Gasteiger partial charge in [-0.15, -0.1) is 0 Å². The van der Waals surface area contributed by atoms with Crippen molar-refractivity contribution >= 4 is 11.6 Å². The Balaban J connectivity index is 1.81. The predicted molar refractivity (Wildman–Crippen MR) is 79.0 cm³/mol. The number of carbonyl (C=O) groups excluding carboxylic acids is 1. The van der Waals surface area contributed by atoms with E-state index in [2.05, 4.69) is 24.4 Å². The molecule has 0 radical (unpaired) electrons. The molecule has 0 aliphatic heterocycles. The van der Waals surface area contributed by atoms with Gasteiger partial charge in [0.05, 0.1) is 0 Å². The minimum absolute atomic E-state index is 0.160. The Hall–Kier alpha value is -1.35. The lowest BCUT2D eigenvalue weighted by Gasteiger charge is -2.11. The summed E-state index contributed by atoms with van der Waals surface area (Å²) in [4.78, 5) is 11.6. The first-order valence-corrected chi connectivity index (χ1v) is 7.34. The molecule has 1 aliphatic carbocycles. The summed E-state index contributed by atoms with van der Waals surface area (Å²) >= 11 is 0. The van der Waals surface area contributed by atoms with E-state index in [1.54, 1.807) is 0 Å². The highest BCUT2D eigenvalue weighted by molar-refractivity contribution is 5.93. The van der Waals surface area contributed by atoms with Crippen LogP contribution in [0.15, 0.2) is 24.3 Å². The summed E-state index contributed by atoms with van der Waals surface area (Å²) in [6.07, 6.45) is 6.45. The Bertz CT molecular complexity index is 409. The second kappa shape index (κ2) is 6.71. The van der Waals surface area contributed by atoms with E-state index in [1.807, 2.05) is 12.1 Å². The number of anilines is 1. The van der Waals surface area contributed by atoms with Crippen LogP contribution in [0.3, 0.4) is 0 Å². The first-order valence-electron chi connectivity index (χ1n) is 7.34.